The van der Waals surface area contributed by atoms with Crippen LogP contribution in [0.4, 0.5) is 10.5 Å². The van der Waals surface area contributed by atoms with Crippen molar-refractivity contribution in [2.45, 2.75) is 58.8 Å². The Labute approximate surface area is 230 Å². The third kappa shape index (κ3) is 6.55. The highest BCUT2D eigenvalue weighted by Crippen LogP contribution is 2.28. The summed E-state index contributed by atoms with van der Waals surface area (Å²) in [6, 6.07) is 22.5. The quantitative estimate of drug-likeness (QED) is 0.262. The molecule has 39 heavy (non-hydrogen) atoms. The number of hydrogen-bond donors (Lipinski definition) is 0. The molecule has 2 aromatic carbocycles. The fourth-order valence-corrected chi connectivity index (χ4v) is 4.80. The van der Waals surface area contributed by atoms with Crippen LogP contribution < -0.4 is 0 Å². The molecule has 2 aromatic heterocycles. The summed E-state index contributed by atoms with van der Waals surface area (Å²) in [5.41, 5.74) is 6.06. The van der Waals surface area contributed by atoms with Gasteiger partial charge in [-0.25, -0.2) is 14.8 Å². The molecule has 1 aliphatic heterocycles. The number of hydrogen-bond acceptors (Lipinski definition) is 5. The molecule has 0 N–H and O–H groups in total. The van der Waals surface area contributed by atoms with E-state index in [1.807, 2.05) is 87.0 Å². The highest BCUT2D eigenvalue weighted by atomic mass is 16.6. The highest BCUT2D eigenvalue weighted by Gasteiger charge is 2.27. The van der Waals surface area contributed by atoms with E-state index in [4.69, 9.17) is 19.5 Å². The van der Waals surface area contributed by atoms with Crippen LogP contribution in [0.5, 0.6) is 0 Å². The number of aryl methyl sites for hydroxylation is 1. The SMILES string of the molecule is Cc1cn2ccc(N=C(c3ccccc3)c3ccccc3)c(COC3CCN(C(=O)OC(C)(C)C)CC3)c2n1. The standard InChI is InChI=1S/C32H36N4O3/c1-23-21-36-20-17-28(34-29(24-11-7-5-8-12-24)25-13-9-6-10-14-25)27(30(36)33-23)22-38-26-15-18-35(19-16-26)31(37)39-32(2,3)4/h5-14,17,20-21,26H,15-16,18-19,22H2,1-4H3. The highest BCUT2D eigenvalue weighted by molar-refractivity contribution is 6.14. The van der Waals surface area contributed by atoms with Crippen molar-refractivity contribution < 1.29 is 14.3 Å². The molecule has 1 fully saturated rings. The molecular formula is C32H36N4O3. The van der Waals surface area contributed by atoms with Gasteiger partial charge in [0, 0.05) is 42.2 Å². The molecule has 0 radical (unpaired) electrons. The normalized spacial score (nSPS) is 14.4. The van der Waals surface area contributed by atoms with Gasteiger partial charge in [-0.1, -0.05) is 60.7 Å². The number of pyridine rings is 1. The average Bonchev–Trinajstić information content (AvgIpc) is 3.31. The van der Waals surface area contributed by atoms with Gasteiger partial charge in [0.05, 0.1) is 29.8 Å². The maximum Gasteiger partial charge on any atom is 0.410 e. The van der Waals surface area contributed by atoms with Gasteiger partial charge >= 0.3 is 6.09 Å². The van der Waals surface area contributed by atoms with Gasteiger partial charge in [-0.05, 0) is 46.6 Å². The van der Waals surface area contributed by atoms with E-state index in [9.17, 15) is 4.79 Å². The second kappa shape index (κ2) is 11.4. The van der Waals surface area contributed by atoms with Crippen LogP contribution in [0.25, 0.3) is 5.65 Å². The third-order valence-corrected chi connectivity index (χ3v) is 6.71. The lowest BCUT2D eigenvalue weighted by Gasteiger charge is -2.33. The Kier molecular flexibility index (Phi) is 7.79. The fourth-order valence-electron chi connectivity index (χ4n) is 4.80. The molecule has 0 saturated carbocycles. The van der Waals surface area contributed by atoms with Crippen LogP contribution in [0, 0.1) is 6.92 Å². The predicted octanol–water partition coefficient (Wildman–Crippen LogP) is 6.73. The molecular weight excluding hydrogens is 488 g/mol. The molecule has 1 aliphatic rings. The monoisotopic (exact) mass is 524 g/mol. The Balaban J connectivity index is 1.41. The van der Waals surface area contributed by atoms with Crippen LogP contribution in [-0.4, -0.2) is 50.9 Å². The first-order chi connectivity index (χ1) is 18.8. The minimum absolute atomic E-state index is 0.0412. The molecule has 1 saturated heterocycles. The minimum Gasteiger partial charge on any atom is -0.444 e. The van der Waals surface area contributed by atoms with Gasteiger partial charge in [-0.15, -0.1) is 0 Å². The van der Waals surface area contributed by atoms with E-state index in [0.717, 1.165) is 52.3 Å². The summed E-state index contributed by atoms with van der Waals surface area (Å²) < 4.78 is 14.0. The number of amides is 1. The van der Waals surface area contributed by atoms with Gasteiger partial charge in [0.15, 0.2) is 0 Å². The molecule has 4 aromatic rings. The maximum absolute atomic E-state index is 12.5. The summed E-state index contributed by atoms with van der Waals surface area (Å²) in [5, 5.41) is 0. The summed E-state index contributed by atoms with van der Waals surface area (Å²) in [5.74, 6) is 0. The largest absolute Gasteiger partial charge is 0.444 e. The number of ether oxygens (including phenoxy) is 2. The summed E-state index contributed by atoms with van der Waals surface area (Å²) in [4.78, 5) is 24.2. The second-order valence-electron chi connectivity index (χ2n) is 11.0. The number of aliphatic imine (C=N–C) groups is 1. The van der Waals surface area contributed by atoms with Crippen molar-refractivity contribution in [3.05, 3.63) is 102 Å². The van der Waals surface area contributed by atoms with Crippen LogP contribution in [0.2, 0.25) is 0 Å². The Hall–Kier alpha value is -3.97. The van der Waals surface area contributed by atoms with Crippen LogP contribution in [0.3, 0.4) is 0 Å². The van der Waals surface area contributed by atoms with Crippen molar-refractivity contribution >= 4 is 23.1 Å². The zero-order chi connectivity index (χ0) is 27.4. The van der Waals surface area contributed by atoms with Gasteiger partial charge in [0.1, 0.15) is 11.2 Å². The van der Waals surface area contributed by atoms with E-state index >= 15 is 0 Å². The van der Waals surface area contributed by atoms with Crippen LogP contribution in [0.15, 0.2) is 84.1 Å². The van der Waals surface area contributed by atoms with Crippen molar-refractivity contribution in [2.75, 3.05) is 13.1 Å². The van der Waals surface area contributed by atoms with E-state index in [0.29, 0.717) is 19.7 Å². The van der Waals surface area contributed by atoms with Crippen molar-refractivity contribution in [1.29, 1.82) is 0 Å². The molecule has 0 bridgehead atoms. The predicted molar refractivity (Wildman–Crippen MR) is 154 cm³/mol. The number of carbonyl (C=O) groups is 1. The Morgan fingerprint density at radius 2 is 1.59 bits per heavy atom. The zero-order valence-electron chi connectivity index (χ0n) is 23.1. The van der Waals surface area contributed by atoms with E-state index in [-0.39, 0.29) is 12.2 Å². The van der Waals surface area contributed by atoms with Crippen LogP contribution >= 0.6 is 0 Å². The average molecular weight is 525 g/mol. The first kappa shape index (κ1) is 26.6. The Morgan fingerprint density at radius 1 is 0.974 bits per heavy atom. The van der Waals surface area contributed by atoms with Gasteiger partial charge in [-0.3, -0.25) is 0 Å². The number of aromatic nitrogens is 2. The molecule has 0 unspecified atom stereocenters. The van der Waals surface area contributed by atoms with Crippen LogP contribution in [0.1, 0.15) is 56.0 Å². The lowest BCUT2D eigenvalue weighted by atomic mass is 10.0. The van der Waals surface area contributed by atoms with E-state index in [1.165, 1.54) is 0 Å². The topological polar surface area (TPSA) is 68.4 Å². The molecule has 0 atom stereocenters. The van der Waals surface area contributed by atoms with Crippen molar-refractivity contribution in [3.63, 3.8) is 0 Å². The Bertz CT molecular complexity index is 1410. The number of imidazole rings is 1. The van der Waals surface area contributed by atoms with Crippen LogP contribution in [-0.2, 0) is 16.1 Å². The smallest absolute Gasteiger partial charge is 0.410 e. The lowest BCUT2D eigenvalue weighted by Crippen LogP contribution is -2.43. The molecule has 1 amide bonds. The maximum atomic E-state index is 12.5. The number of carbonyl (C=O) groups excluding carboxylic acids is 1. The minimum atomic E-state index is -0.499. The molecule has 7 heteroatoms. The van der Waals surface area contributed by atoms with Gasteiger partial charge in [-0.2, -0.15) is 0 Å². The fraction of sp³-hybridized carbons (Fsp3) is 0.344. The first-order valence-corrected chi connectivity index (χ1v) is 13.5. The summed E-state index contributed by atoms with van der Waals surface area (Å²) in [7, 11) is 0. The number of fused-ring (bicyclic) bond motifs is 1. The second-order valence-corrected chi connectivity index (χ2v) is 11.0. The first-order valence-electron chi connectivity index (χ1n) is 13.5. The van der Waals surface area contributed by atoms with Gasteiger partial charge < -0.3 is 18.8 Å². The summed E-state index contributed by atoms with van der Waals surface area (Å²) >= 11 is 0. The number of benzene rings is 2. The number of piperidine rings is 1. The molecule has 7 nitrogen and oxygen atoms in total. The van der Waals surface area contributed by atoms with Gasteiger partial charge in [0.25, 0.3) is 0 Å². The number of nitrogens with zero attached hydrogens (tertiary/aromatic N) is 4. The number of rotatable bonds is 6. The van der Waals surface area contributed by atoms with E-state index < -0.39 is 5.60 Å². The molecule has 3 heterocycles. The van der Waals surface area contributed by atoms with Crippen molar-refractivity contribution in [2.24, 2.45) is 4.99 Å². The summed E-state index contributed by atoms with van der Waals surface area (Å²) in [6.45, 7) is 9.27. The van der Waals surface area contributed by atoms with Crippen molar-refractivity contribution in [1.82, 2.24) is 14.3 Å². The summed E-state index contributed by atoms with van der Waals surface area (Å²) in [6.07, 6.45) is 5.32. The molecule has 5 rings (SSSR count). The molecule has 0 aliphatic carbocycles. The molecule has 202 valence electrons. The molecule has 0 spiro atoms. The lowest BCUT2D eigenvalue weighted by molar-refractivity contribution is -0.0167. The third-order valence-electron chi connectivity index (χ3n) is 6.71. The Morgan fingerprint density at radius 3 is 2.18 bits per heavy atom. The number of likely N-dealkylation sites (tertiary alicyclic amines) is 1. The van der Waals surface area contributed by atoms with Crippen molar-refractivity contribution in [3.8, 4) is 0 Å². The van der Waals surface area contributed by atoms with E-state index in [1.54, 1.807) is 4.90 Å². The zero-order valence-corrected chi connectivity index (χ0v) is 23.1. The van der Waals surface area contributed by atoms with E-state index in [2.05, 4.69) is 24.3 Å². The van der Waals surface area contributed by atoms with Gasteiger partial charge in [0.2, 0.25) is 0 Å².